The van der Waals surface area contributed by atoms with Gasteiger partial charge in [0.25, 0.3) is 5.69 Å². The summed E-state index contributed by atoms with van der Waals surface area (Å²) in [5, 5.41) is 13.5. The summed E-state index contributed by atoms with van der Waals surface area (Å²) in [7, 11) is 0. The highest BCUT2D eigenvalue weighted by Crippen LogP contribution is 2.30. The SMILES string of the molecule is Cc1ccc(C2NCC(=O)N2CC(F)(F)F)cc1[N+](=O)[O-]. The lowest BCUT2D eigenvalue weighted by Gasteiger charge is -2.25. The summed E-state index contributed by atoms with van der Waals surface area (Å²) in [5.41, 5.74) is 0.457. The van der Waals surface area contributed by atoms with Crippen LogP contribution in [0, 0.1) is 17.0 Å². The van der Waals surface area contributed by atoms with Crippen LogP contribution in [-0.4, -0.2) is 35.0 Å². The molecule has 1 aliphatic rings. The third kappa shape index (κ3) is 3.30. The van der Waals surface area contributed by atoms with Crippen molar-refractivity contribution in [1.29, 1.82) is 0 Å². The number of carbonyl (C=O) groups is 1. The minimum atomic E-state index is -4.53. The summed E-state index contributed by atoms with van der Waals surface area (Å²) in [6.45, 7) is -0.101. The Morgan fingerprint density at radius 3 is 2.71 bits per heavy atom. The zero-order valence-electron chi connectivity index (χ0n) is 11.0. The molecule has 0 saturated carbocycles. The zero-order valence-corrected chi connectivity index (χ0v) is 11.0. The average Bonchev–Trinajstić information content (AvgIpc) is 2.69. The molecule has 1 N–H and O–H groups in total. The molecule has 0 aromatic heterocycles. The normalized spacial score (nSPS) is 19.1. The number of nitro benzene ring substituents is 1. The molecule has 1 aromatic rings. The summed E-state index contributed by atoms with van der Waals surface area (Å²) in [5.74, 6) is -0.694. The van der Waals surface area contributed by atoms with E-state index in [2.05, 4.69) is 5.32 Å². The molecule has 2 rings (SSSR count). The molecule has 1 atom stereocenters. The lowest BCUT2D eigenvalue weighted by Crippen LogP contribution is -2.38. The van der Waals surface area contributed by atoms with Crippen molar-refractivity contribution in [3.05, 3.63) is 39.4 Å². The summed E-state index contributed by atoms with van der Waals surface area (Å²) in [6.07, 6.45) is -5.55. The number of alkyl halides is 3. The van der Waals surface area contributed by atoms with Crippen molar-refractivity contribution in [1.82, 2.24) is 10.2 Å². The lowest BCUT2D eigenvalue weighted by molar-refractivity contribution is -0.385. The molecular weight excluding hydrogens is 291 g/mol. The van der Waals surface area contributed by atoms with Crippen LogP contribution < -0.4 is 5.32 Å². The van der Waals surface area contributed by atoms with Gasteiger partial charge >= 0.3 is 6.18 Å². The Balaban J connectivity index is 2.34. The molecule has 0 radical (unpaired) electrons. The molecule has 9 heteroatoms. The van der Waals surface area contributed by atoms with Crippen LogP contribution in [0.25, 0.3) is 0 Å². The van der Waals surface area contributed by atoms with Crippen LogP contribution in [0.5, 0.6) is 0 Å². The number of aryl methyl sites for hydroxylation is 1. The van der Waals surface area contributed by atoms with Gasteiger partial charge in [0.2, 0.25) is 5.91 Å². The summed E-state index contributed by atoms with van der Waals surface area (Å²) >= 11 is 0. The number of rotatable bonds is 3. The van der Waals surface area contributed by atoms with Crippen LogP contribution in [0.3, 0.4) is 0 Å². The van der Waals surface area contributed by atoms with Gasteiger partial charge in [0.05, 0.1) is 11.5 Å². The number of nitrogens with zero attached hydrogens (tertiary/aromatic N) is 2. The Labute approximate surface area is 117 Å². The van der Waals surface area contributed by atoms with Crippen molar-refractivity contribution < 1.29 is 22.9 Å². The van der Waals surface area contributed by atoms with Crippen LogP contribution in [0.2, 0.25) is 0 Å². The molecule has 0 aliphatic carbocycles. The second-order valence-corrected chi connectivity index (χ2v) is 4.72. The van der Waals surface area contributed by atoms with Gasteiger partial charge in [-0.15, -0.1) is 0 Å². The fourth-order valence-corrected chi connectivity index (χ4v) is 2.20. The monoisotopic (exact) mass is 303 g/mol. The van der Waals surface area contributed by atoms with E-state index in [1.165, 1.54) is 25.1 Å². The Kier molecular flexibility index (Phi) is 3.86. The Morgan fingerprint density at radius 1 is 1.48 bits per heavy atom. The predicted octanol–water partition coefficient (Wildman–Crippen LogP) is 1.90. The van der Waals surface area contributed by atoms with E-state index < -0.39 is 29.7 Å². The first-order valence-electron chi connectivity index (χ1n) is 6.03. The van der Waals surface area contributed by atoms with E-state index in [0.717, 1.165) is 0 Å². The molecule has 1 fully saturated rings. The Morgan fingerprint density at radius 2 is 2.14 bits per heavy atom. The maximum absolute atomic E-state index is 12.5. The van der Waals surface area contributed by atoms with Crippen LogP contribution in [0.15, 0.2) is 18.2 Å². The molecule has 1 aromatic carbocycles. The summed E-state index contributed by atoms with van der Waals surface area (Å²) in [6, 6.07) is 4.11. The number of hydrogen-bond donors (Lipinski definition) is 1. The Bertz CT molecular complexity index is 589. The van der Waals surface area contributed by atoms with Crippen LogP contribution in [0.1, 0.15) is 17.3 Å². The van der Waals surface area contributed by atoms with Crippen molar-refractivity contribution in [2.75, 3.05) is 13.1 Å². The van der Waals surface area contributed by atoms with Gasteiger partial charge in [-0.2, -0.15) is 13.2 Å². The standard InChI is InChI=1S/C12H12F3N3O3/c1-7-2-3-8(4-9(7)18(20)21)11-16-5-10(19)17(11)6-12(13,14)15/h2-4,11,16H,5-6H2,1H3. The van der Waals surface area contributed by atoms with Crippen LogP contribution in [-0.2, 0) is 4.79 Å². The topological polar surface area (TPSA) is 75.5 Å². The molecule has 1 aliphatic heterocycles. The van der Waals surface area contributed by atoms with Gasteiger partial charge in [0.15, 0.2) is 0 Å². The molecule has 6 nitrogen and oxygen atoms in total. The van der Waals surface area contributed by atoms with Crippen molar-refractivity contribution in [2.45, 2.75) is 19.3 Å². The minimum absolute atomic E-state index is 0.194. The molecule has 21 heavy (non-hydrogen) atoms. The maximum Gasteiger partial charge on any atom is 0.406 e. The third-order valence-corrected chi connectivity index (χ3v) is 3.17. The highest BCUT2D eigenvalue weighted by atomic mass is 19.4. The zero-order chi connectivity index (χ0) is 15.8. The van der Waals surface area contributed by atoms with Crippen LogP contribution in [0.4, 0.5) is 18.9 Å². The summed E-state index contributed by atoms with van der Waals surface area (Å²) < 4.78 is 37.5. The van der Waals surface area contributed by atoms with Crippen LogP contribution >= 0.6 is 0 Å². The van der Waals surface area contributed by atoms with Gasteiger partial charge in [-0.25, -0.2) is 0 Å². The van der Waals surface area contributed by atoms with Gasteiger partial charge < -0.3 is 4.90 Å². The van der Waals surface area contributed by atoms with E-state index in [1.54, 1.807) is 0 Å². The molecular formula is C12H12F3N3O3. The first kappa shape index (κ1) is 15.2. The second-order valence-electron chi connectivity index (χ2n) is 4.72. The highest BCUT2D eigenvalue weighted by Gasteiger charge is 2.40. The van der Waals surface area contributed by atoms with Crippen molar-refractivity contribution in [3.63, 3.8) is 0 Å². The van der Waals surface area contributed by atoms with Gasteiger partial charge in [-0.05, 0) is 12.5 Å². The molecule has 1 amide bonds. The number of benzene rings is 1. The maximum atomic E-state index is 12.5. The third-order valence-electron chi connectivity index (χ3n) is 3.17. The van der Waals surface area contributed by atoms with Gasteiger partial charge in [0.1, 0.15) is 12.7 Å². The molecule has 1 unspecified atom stereocenters. The van der Waals surface area contributed by atoms with Gasteiger partial charge in [-0.1, -0.05) is 12.1 Å². The second kappa shape index (κ2) is 5.32. The number of halogens is 3. The summed E-state index contributed by atoms with van der Waals surface area (Å²) in [4.78, 5) is 22.5. The van der Waals surface area contributed by atoms with Gasteiger partial charge in [-0.3, -0.25) is 20.2 Å². The van der Waals surface area contributed by atoms with Crippen molar-refractivity contribution >= 4 is 11.6 Å². The highest BCUT2D eigenvalue weighted by molar-refractivity contribution is 5.81. The van der Waals surface area contributed by atoms with E-state index in [9.17, 15) is 28.1 Å². The smallest absolute Gasteiger partial charge is 0.313 e. The van der Waals surface area contributed by atoms with Gasteiger partial charge in [0, 0.05) is 11.6 Å². The molecule has 1 saturated heterocycles. The number of hydrogen-bond acceptors (Lipinski definition) is 4. The minimum Gasteiger partial charge on any atom is -0.313 e. The molecule has 114 valence electrons. The first-order chi connectivity index (χ1) is 9.69. The van der Waals surface area contributed by atoms with Crippen molar-refractivity contribution in [3.8, 4) is 0 Å². The quantitative estimate of drug-likeness (QED) is 0.683. The number of amides is 1. The predicted molar refractivity (Wildman–Crippen MR) is 66.3 cm³/mol. The number of carbonyl (C=O) groups excluding carboxylic acids is 1. The first-order valence-corrected chi connectivity index (χ1v) is 6.03. The van der Waals surface area contributed by atoms with E-state index in [4.69, 9.17) is 0 Å². The largest absolute Gasteiger partial charge is 0.406 e. The lowest BCUT2D eigenvalue weighted by atomic mass is 10.1. The van der Waals surface area contributed by atoms with E-state index in [-0.39, 0.29) is 17.8 Å². The number of nitrogens with one attached hydrogen (secondary N) is 1. The molecule has 0 bridgehead atoms. The number of nitro groups is 1. The average molecular weight is 303 g/mol. The fourth-order valence-electron chi connectivity index (χ4n) is 2.20. The van der Waals surface area contributed by atoms with E-state index in [1.807, 2.05) is 0 Å². The van der Waals surface area contributed by atoms with E-state index in [0.29, 0.717) is 10.5 Å². The van der Waals surface area contributed by atoms with Crippen molar-refractivity contribution in [2.24, 2.45) is 0 Å². The van der Waals surface area contributed by atoms with E-state index >= 15 is 0 Å². The molecule has 0 spiro atoms. The Hall–Kier alpha value is -2.16. The fraction of sp³-hybridized carbons (Fsp3) is 0.417. The molecule has 1 heterocycles.